The summed E-state index contributed by atoms with van der Waals surface area (Å²) in [6, 6.07) is 1.85. The van der Waals surface area contributed by atoms with Crippen LogP contribution in [-0.2, 0) is 4.79 Å². The largest absolute Gasteiger partial charge is 0.319 e. The third-order valence-corrected chi connectivity index (χ3v) is 7.44. The van der Waals surface area contributed by atoms with E-state index in [9.17, 15) is 4.79 Å². The molecule has 0 aromatic heterocycles. The Morgan fingerprint density at radius 2 is 2.15 bits per heavy atom. The lowest BCUT2D eigenvalue weighted by atomic mass is 9.66. The molecule has 26 heavy (non-hydrogen) atoms. The first-order valence-corrected chi connectivity index (χ1v) is 10.6. The van der Waals surface area contributed by atoms with E-state index in [4.69, 9.17) is 0 Å². The molecule has 0 spiro atoms. The van der Waals surface area contributed by atoms with E-state index in [1.807, 2.05) is 4.90 Å². The number of nitrogens with zero attached hydrogens (tertiary/aromatic N) is 3. The van der Waals surface area contributed by atoms with Crippen molar-refractivity contribution in [3.8, 4) is 0 Å². The lowest BCUT2D eigenvalue weighted by Crippen LogP contribution is -2.66. The molecule has 3 fully saturated rings. The van der Waals surface area contributed by atoms with Crippen molar-refractivity contribution in [1.82, 2.24) is 14.7 Å². The van der Waals surface area contributed by atoms with Crippen molar-refractivity contribution in [2.24, 2.45) is 11.8 Å². The van der Waals surface area contributed by atoms with Crippen LogP contribution in [-0.4, -0.2) is 65.4 Å². The fourth-order valence-corrected chi connectivity index (χ4v) is 6.38. The van der Waals surface area contributed by atoms with Crippen molar-refractivity contribution < 1.29 is 4.79 Å². The molecule has 2 bridgehead atoms. The van der Waals surface area contributed by atoms with Crippen molar-refractivity contribution in [1.29, 1.82) is 0 Å². The van der Waals surface area contributed by atoms with Gasteiger partial charge in [-0.05, 0) is 69.5 Å². The first-order valence-electron chi connectivity index (χ1n) is 10.6. The highest BCUT2D eigenvalue weighted by atomic mass is 16.2. The summed E-state index contributed by atoms with van der Waals surface area (Å²) < 4.78 is 0. The monoisotopic (exact) mass is 357 g/mol. The SMILES string of the molecule is C=CC[C@H]1[C@H]2C[C@@H](CN1C)[C@H]1CCCCN1[C@@H]2C1=CN(C(C)=O)CCC1. The lowest BCUT2D eigenvalue weighted by molar-refractivity contribution is -0.126. The van der Waals surface area contributed by atoms with Crippen LogP contribution in [0, 0.1) is 11.8 Å². The number of rotatable bonds is 3. The molecule has 0 saturated carbocycles. The standard InChI is InChI=1S/C22H35N3O/c1-4-8-21-19-13-18(14-23(21)3)20-10-5-6-12-25(20)22(19)17-9-7-11-24(15-17)16(2)26/h4,15,18-22H,1,5-14H2,2-3H3/t18-,19+,20+,21-,22+/m0/s1. The number of piperidine rings is 3. The minimum absolute atomic E-state index is 0.189. The summed E-state index contributed by atoms with van der Waals surface area (Å²) in [5.41, 5.74) is 1.52. The Kier molecular flexibility index (Phi) is 5.24. The highest BCUT2D eigenvalue weighted by Gasteiger charge is 2.51. The van der Waals surface area contributed by atoms with Gasteiger partial charge in [0.15, 0.2) is 0 Å². The van der Waals surface area contributed by atoms with Gasteiger partial charge in [-0.25, -0.2) is 0 Å². The Morgan fingerprint density at radius 3 is 2.92 bits per heavy atom. The molecular formula is C22H35N3O. The van der Waals surface area contributed by atoms with Gasteiger partial charge in [0.05, 0.1) is 0 Å². The summed E-state index contributed by atoms with van der Waals surface area (Å²) in [6.07, 6.45) is 13.1. The maximum atomic E-state index is 12.0. The van der Waals surface area contributed by atoms with Gasteiger partial charge >= 0.3 is 0 Å². The van der Waals surface area contributed by atoms with Crippen LogP contribution >= 0.6 is 0 Å². The molecule has 0 N–H and O–H groups in total. The van der Waals surface area contributed by atoms with E-state index in [1.54, 1.807) is 6.92 Å². The van der Waals surface area contributed by atoms with Gasteiger partial charge in [0.25, 0.3) is 0 Å². The molecule has 0 aliphatic carbocycles. The fourth-order valence-electron chi connectivity index (χ4n) is 6.38. The van der Waals surface area contributed by atoms with Crippen molar-refractivity contribution in [2.45, 2.75) is 70.0 Å². The van der Waals surface area contributed by atoms with Crippen LogP contribution in [0.1, 0.15) is 51.9 Å². The van der Waals surface area contributed by atoms with Crippen LogP contribution in [0.4, 0.5) is 0 Å². The summed E-state index contributed by atoms with van der Waals surface area (Å²) in [5, 5.41) is 0. The number of carbonyl (C=O) groups is 1. The highest BCUT2D eigenvalue weighted by Crippen LogP contribution is 2.47. The second kappa shape index (κ2) is 7.47. The molecule has 4 heteroatoms. The topological polar surface area (TPSA) is 26.8 Å². The number of amides is 1. The van der Waals surface area contributed by atoms with E-state index < -0.39 is 0 Å². The minimum Gasteiger partial charge on any atom is -0.319 e. The van der Waals surface area contributed by atoms with E-state index in [0.717, 1.165) is 37.8 Å². The van der Waals surface area contributed by atoms with Gasteiger partial charge in [-0.2, -0.15) is 0 Å². The van der Waals surface area contributed by atoms with E-state index in [1.165, 1.54) is 44.3 Å². The summed E-state index contributed by atoms with van der Waals surface area (Å²) in [6.45, 7) is 9.11. The van der Waals surface area contributed by atoms with Gasteiger partial charge in [0, 0.05) is 44.3 Å². The fraction of sp³-hybridized carbons (Fsp3) is 0.773. The Bertz CT molecular complexity index is 586. The normalized spacial score (nSPS) is 38.5. The lowest BCUT2D eigenvalue weighted by Gasteiger charge is -2.60. The quantitative estimate of drug-likeness (QED) is 0.726. The van der Waals surface area contributed by atoms with E-state index >= 15 is 0 Å². The summed E-state index contributed by atoms with van der Waals surface area (Å²) in [4.78, 5) is 19.4. The van der Waals surface area contributed by atoms with Crippen LogP contribution in [0.25, 0.3) is 0 Å². The van der Waals surface area contributed by atoms with Crippen LogP contribution in [0.2, 0.25) is 0 Å². The number of hydrogen-bond donors (Lipinski definition) is 0. The average molecular weight is 358 g/mol. The molecule has 0 unspecified atom stereocenters. The Morgan fingerprint density at radius 1 is 1.31 bits per heavy atom. The highest BCUT2D eigenvalue weighted by molar-refractivity contribution is 5.74. The maximum Gasteiger partial charge on any atom is 0.223 e. The molecule has 0 aromatic carbocycles. The van der Waals surface area contributed by atoms with Gasteiger partial charge in [-0.3, -0.25) is 9.69 Å². The van der Waals surface area contributed by atoms with Gasteiger partial charge < -0.3 is 9.80 Å². The molecule has 0 radical (unpaired) electrons. The number of likely N-dealkylation sites (tertiary alicyclic amines) is 1. The smallest absolute Gasteiger partial charge is 0.223 e. The zero-order chi connectivity index (χ0) is 18.3. The molecule has 3 saturated heterocycles. The third kappa shape index (κ3) is 3.16. The second-order valence-corrected chi connectivity index (χ2v) is 8.96. The van der Waals surface area contributed by atoms with Crippen molar-refractivity contribution >= 4 is 5.91 Å². The Labute approximate surface area is 158 Å². The van der Waals surface area contributed by atoms with Crippen molar-refractivity contribution in [3.05, 3.63) is 24.4 Å². The van der Waals surface area contributed by atoms with E-state index in [2.05, 4.69) is 35.7 Å². The zero-order valence-electron chi connectivity index (χ0n) is 16.6. The van der Waals surface area contributed by atoms with Crippen LogP contribution in [0.3, 0.4) is 0 Å². The molecule has 4 heterocycles. The molecule has 144 valence electrons. The molecule has 4 rings (SSSR count). The summed E-state index contributed by atoms with van der Waals surface area (Å²) >= 11 is 0. The van der Waals surface area contributed by atoms with Crippen molar-refractivity contribution in [3.63, 3.8) is 0 Å². The second-order valence-electron chi connectivity index (χ2n) is 8.96. The predicted molar refractivity (Wildman–Crippen MR) is 106 cm³/mol. The molecule has 1 amide bonds. The Balaban J connectivity index is 1.70. The van der Waals surface area contributed by atoms with Crippen LogP contribution in [0.5, 0.6) is 0 Å². The Hall–Kier alpha value is -1.13. The number of hydrogen-bond acceptors (Lipinski definition) is 3. The van der Waals surface area contributed by atoms with Gasteiger partial charge in [-0.1, -0.05) is 12.5 Å². The van der Waals surface area contributed by atoms with Gasteiger partial charge in [-0.15, -0.1) is 6.58 Å². The van der Waals surface area contributed by atoms with Gasteiger partial charge in [0.2, 0.25) is 5.91 Å². The van der Waals surface area contributed by atoms with Crippen LogP contribution < -0.4 is 0 Å². The van der Waals surface area contributed by atoms with E-state index in [0.29, 0.717) is 18.0 Å². The molecule has 4 nitrogen and oxygen atoms in total. The predicted octanol–water partition coefficient (Wildman–Crippen LogP) is 3.26. The minimum atomic E-state index is 0.189. The first-order chi connectivity index (χ1) is 12.6. The van der Waals surface area contributed by atoms with E-state index in [-0.39, 0.29) is 5.91 Å². The molecule has 4 aliphatic rings. The summed E-state index contributed by atoms with van der Waals surface area (Å²) in [5.74, 6) is 1.68. The number of fused-ring (bicyclic) bond motifs is 4. The molecule has 4 aliphatic heterocycles. The van der Waals surface area contributed by atoms with Gasteiger partial charge in [0.1, 0.15) is 0 Å². The average Bonchev–Trinajstić information content (AvgIpc) is 2.65. The zero-order valence-corrected chi connectivity index (χ0v) is 16.6. The molecular weight excluding hydrogens is 322 g/mol. The maximum absolute atomic E-state index is 12.0. The summed E-state index contributed by atoms with van der Waals surface area (Å²) in [7, 11) is 2.32. The molecule has 0 aromatic rings. The van der Waals surface area contributed by atoms with Crippen LogP contribution in [0.15, 0.2) is 24.4 Å². The van der Waals surface area contributed by atoms with Crippen molar-refractivity contribution in [2.75, 3.05) is 26.7 Å². The molecule has 5 atom stereocenters. The first kappa shape index (κ1) is 18.2. The number of carbonyl (C=O) groups excluding carboxylic acids is 1. The third-order valence-electron chi connectivity index (χ3n) is 7.44.